The normalized spacial score (nSPS) is 19.3. The van der Waals surface area contributed by atoms with E-state index in [0.717, 1.165) is 48.7 Å². The maximum atomic E-state index is 13.1. The molecule has 1 aromatic carbocycles. The van der Waals surface area contributed by atoms with Crippen LogP contribution in [0, 0.1) is 0 Å². The molecule has 3 aromatic heterocycles. The van der Waals surface area contributed by atoms with Gasteiger partial charge in [-0.25, -0.2) is 9.97 Å². The number of ether oxygens (including phenoxy) is 1. The number of nitrogens with one attached hydrogen (secondary N) is 2. The maximum Gasteiger partial charge on any atom is 0.416 e. The molecule has 6 rings (SSSR count). The predicted molar refractivity (Wildman–Crippen MR) is 158 cm³/mol. The van der Waals surface area contributed by atoms with Crippen molar-refractivity contribution in [2.75, 3.05) is 24.3 Å². The molecule has 0 spiro atoms. The number of nitrogen functional groups attached to an aromatic ring is 1. The van der Waals surface area contributed by atoms with Crippen LogP contribution in [-0.2, 0) is 15.7 Å². The molecule has 228 valence electrons. The summed E-state index contributed by atoms with van der Waals surface area (Å²) in [5.41, 5.74) is 8.72. The Morgan fingerprint density at radius 2 is 1.95 bits per heavy atom. The van der Waals surface area contributed by atoms with Gasteiger partial charge in [-0.2, -0.15) is 18.3 Å². The molecular formula is C31H30F3N7O3. The van der Waals surface area contributed by atoms with E-state index in [1.165, 1.54) is 0 Å². The van der Waals surface area contributed by atoms with Gasteiger partial charge in [0.2, 0.25) is 5.91 Å². The van der Waals surface area contributed by atoms with Gasteiger partial charge >= 0.3 is 6.18 Å². The van der Waals surface area contributed by atoms with Crippen molar-refractivity contribution < 1.29 is 27.5 Å². The molecule has 10 nitrogen and oxygen atoms in total. The van der Waals surface area contributed by atoms with Crippen LogP contribution < -0.4 is 16.4 Å². The Kier molecular flexibility index (Phi) is 8.04. The lowest BCUT2D eigenvalue weighted by atomic mass is 9.90. The third-order valence-corrected chi connectivity index (χ3v) is 7.85. The van der Waals surface area contributed by atoms with Gasteiger partial charge in [0.1, 0.15) is 23.9 Å². The third-order valence-electron chi connectivity index (χ3n) is 7.85. The molecule has 1 fully saturated rings. The highest BCUT2D eigenvalue weighted by molar-refractivity contribution is 6.06. The van der Waals surface area contributed by atoms with E-state index in [2.05, 4.69) is 20.6 Å². The number of benzene rings is 1. The Morgan fingerprint density at radius 3 is 2.75 bits per heavy atom. The van der Waals surface area contributed by atoms with Crippen LogP contribution in [0.25, 0.3) is 28.2 Å². The van der Waals surface area contributed by atoms with E-state index < -0.39 is 17.6 Å². The fourth-order valence-electron chi connectivity index (χ4n) is 5.76. The van der Waals surface area contributed by atoms with Crippen molar-refractivity contribution in [3.05, 3.63) is 71.6 Å². The van der Waals surface area contributed by atoms with Gasteiger partial charge in [-0.3, -0.25) is 14.3 Å². The van der Waals surface area contributed by atoms with E-state index in [1.807, 2.05) is 16.8 Å². The summed E-state index contributed by atoms with van der Waals surface area (Å²) in [4.78, 5) is 33.6. The van der Waals surface area contributed by atoms with Crippen molar-refractivity contribution in [3.63, 3.8) is 0 Å². The van der Waals surface area contributed by atoms with Crippen molar-refractivity contribution >= 4 is 40.4 Å². The van der Waals surface area contributed by atoms with Gasteiger partial charge in [-0.15, -0.1) is 0 Å². The van der Waals surface area contributed by atoms with E-state index in [4.69, 9.17) is 15.6 Å². The monoisotopic (exact) mass is 605 g/mol. The summed E-state index contributed by atoms with van der Waals surface area (Å²) < 4.78 is 46.8. The zero-order valence-corrected chi connectivity index (χ0v) is 23.6. The van der Waals surface area contributed by atoms with Crippen LogP contribution in [0.4, 0.5) is 24.8 Å². The summed E-state index contributed by atoms with van der Waals surface area (Å²) in [5.74, 6) is -0.642. The number of carbonyl (C=O) groups excluding carboxylic acids is 2. The Labute approximate surface area is 250 Å². The van der Waals surface area contributed by atoms with Gasteiger partial charge in [0.15, 0.2) is 0 Å². The number of aromatic nitrogens is 4. The van der Waals surface area contributed by atoms with Crippen molar-refractivity contribution in [3.8, 4) is 11.3 Å². The average molecular weight is 606 g/mol. The molecule has 0 radical (unpaired) electrons. The molecule has 4 N–H and O–H groups in total. The highest BCUT2D eigenvalue weighted by atomic mass is 19.4. The van der Waals surface area contributed by atoms with Crippen LogP contribution in [0.2, 0.25) is 0 Å². The molecule has 1 aliphatic carbocycles. The third kappa shape index (κ3) is 6.13. The number of rotatable bonds is 3. The van der Waals surface area contributed by atoms with Gasteiger partial charge in [0, 0.05) is 35.1 Å². The molecule has 2 bridgehead atoms. The highest BCUT2D eigenvalue weighted by Crippen LogP contribution is 2.39. The summed E-state index contributed by atoms with van der Waals surface area (Å²) in [6.07, 6.45) is 6.02. The van der Waals surface area contributed by atoms with Gasteiger partial charge in [0.25, 0.3) is 5.91 Å². The fraction of sp³-hybridized carbons (Fsp3) is 0.323. The standard InChI is InChI=1S/C31H30F3N7O3/c32-31(33,34)21-11-12-36-24(14-21)39-30(43)19-9-7-18(8-10-19)27-26-28-20(16-37-29(26)35)4-1-2-13-44-17-25(42)38-22-5-3-6-23(15-22)41(28)40-27/h1,4,7-12,14,16,22-23H,2-3,5-6,13,15,17H2,(H2,35,37)(H,38,42)(H,36,39,43)/t22-,23-/m1/s1. The van der Waals surface area contributed by atoms with E-state index in [1.54, 1.807) is 30.5 Å². The largest absolute Gasteiger partial charge is 0.416 e. The van der Waals surface area contributed by atoms with Crippen LogP contribution in [-0.4, -0.2) is 50.8 Å². The number of hydrogen-bond acceptors (Lipinski definition) is 7. The summed E-state index contributed by atoms with van der Waals surface area (Å²) in [6, 6.07) is 8.16. The summed E-state index contributed by atoms with van der Waals surface area (Å²) >= 11 is 0. The SMILES string of the molecule is Nc1ncc2c3c1c(-c1ccc(C(=O)Nc4cc(C(F)(F)F)ccn4)cc1)nn3[C@@H]1CCC[C@H](C1)NC(=O)COCCC=C2. The Balaban J connectivity index is 1.35. The molecule has 13 heteroatoms. The van der Waals surface area contributed by atoms with Gasteiger partial charge < -0.3 is 21.1 Å². The molecule has 44 heavy (non-hydrogen) atoms. The first-order valence-electron chi connectivity index (χ1n) is 14.3. The number of hydrogen-bond donors (Lipinski definition) is 3. The molecule has 2 amide bonds. The number of pyridine rings is 2. The minimum Gasteiger partial charge on any atom is -0.383 e. The first-order chi connectivity index (χ1) is 21.2. The number of alkyl halides is 3. The van der Waals surface area contributed by atoms with Crippen LogP contribution in [0.15, 0.2) is 54.9 Å². The molecule has 4 heterocycles. The molecular weight excluding hydrogens is 575 g/mol. The number of halogens is 3. The number of nitrogens with zero attached hydrogens (tertiary/aromatic N) is 4. The predicted octanol–water partition coefficient (Wildman–Crippen LogP) is 5.38. The first kappa shape index (κ1) is 29.3. The highest BCUT2D eigenvalue weighted by Gasteiger charge is 2.31. The minimum absolute atomic E-state index is 0.00637. The van der Waals surface area contributed by atoms with Crippen LogP contribution in [0.1, 0.15) is 59.6 Å². The number of fused-ring (bicyclic) bond motifs is 3. The molecule has 1 saturated carbocycles. The second kappa shape index (κ2) is 12.1. The lowest BCUT2D eigenvalue weighted by Crippen LogP contribution is -2.40. The minimum atomic E-state index is -4.56. The molecule has 4 aromatic rings. The summed E-state index contributed by atoms with van der Waals surface area (Å²) in [6.45, 7) is 0.418. The molecule has 2 aliphatic rings. The van der Waals surface area contributed by atoms with E-state index in [0.29, 0.717) is 41.9 Å². The summed E-state index contributed by atoms with van der Waals surface area (Å²) in [5, 5.41) is 11.2. The van der Waals surface area contributed by atoms with Gasteiger partial charge in [-0.1, -0.05) is 24.3 Å². The Morgan fingerprint density at radius 1 is 1.14 bits per heavy atom. The van der Waals surface area contributed by atoms with Crippen LogP contribution >= 0.6 is 0 Å². The van der Waals surface area contributed by atoms with E-state index >= 15 is 0 Å². The average Bonchev–Trinajstić information content (AvgIpc) is 3.41. The lowest BCUT2D eigenvalue weighted by Gasteiger charge is -2.30. The smallest absolute Gasteiger partial charge is 0.383 e. The number of anilines is 2. The topological polar surface area (TPSA) is 137 Å². The molecule has 2 atom stereocenters. The molecule has 0 unspecified atom stereocenters. The van der Waals surface area contributed by atoms with Crippen molar-refractivity contribution in [2.45, 2.75) is 50.4 Å². The van der Waals surface area contributed by atoms with Crippen molar-refractivity contribution in [1.82, 2.24) is 25.1 Å². The fourth-order valence-corrected chi connectivity index (χ4v) is 5.76. The van der Waals surface area contributed by atoms with E-state index in [9.17, 15) is 22.8 Å². The zero-order chi connectivity index (χ0) is 30.8. The van der Waals surface area contributed by atoms with E-state index in [-0.39, 0.29) is 36.0 Å². The van der Waals surface area contributed by atoms with Crippen LogP contribution in [0.5, 0.6) is 0 Å². The first-order valence-corrected chi connectivity index (χ1v) is 14.3. The number of carbonyl (C=O) groups is 2. The molecule has 1 aliphatic heterocycles. The Hall–Kier alpha value is -4.78. The maximum absolute atomic E-state index is 13.1. The quantitative estimate of drug-likeness (QED) is 0.285. The Bertz CT molecular complexity index is 1730. The van der Waals surface area contributed by atoms with Crippen molar-refractivity contribution in [2.24, 2.45) is 0 Å². The number of amides is 2. The van der Waals surface area contributed by atoms with Crippen LogP contribution in [0.3, 0.4) is 0 Å². The number of nitrogens with two attached hydrogens (primary N) is 1. The summed E-state index contributed by atoms with van der Waals surface area (Å²) in [7, 11) is 0. The van der Waals surface area contributed by atoms with Crippen molar-refractivity contribution in [1.29, 1.82) is 0 Å². The zero-order valence-electron chi connectivity index (χ0n) is 23.6. The van der Waals surface area contributed by atoms with Gasteiger partial charge in [0.05, 0.1) is 29.1 Å². The molecule has 0 saturated heterocycles. The van der Waals surface area contributed by atoms with Gasteiger partial charge in [-0.05, 0) is 56.4 Å². The lowest BCUT2D eigenvalue weighted by molar-refractivity contribution is -0.137. The second-order valence-electron chi connectivity index (χ2n) is 10.9. The second-order valence-corrected chi connectivity index (χ2v) is 10.9.